The number of hydrogen-bond donors (Lipinski definition) is 1. The Bertz CT molecular complexity index is 1210. The van der Waals surface area contributed by atoms with E-state index >= 15 is 0 Å². The molecule has 0 unspecified atom stereocenters. The highest BCUT2D eigenvalue weighted by Crippen LogP contribution is 2.24. The smallest absolute Gasteiger partial charge is 0.262 e. The SMILES string of the molecule is Cc1nc2ccccc2nc1CSc1nc2ccccc2c(=O)n1CCCO. The van der Waals surface area contributed by atoms with Crippen LogP contribution >= 0.6 is 11.8 Å². The summed E-state index contributed by atoms with van der Waals surface area (Å²) < 4.78 is 1.65. The van der Waals surface area contributed by atoms with E-state index in [1.54, 1.807) is 10.6 Å². The summed E-state index contributed by atoms with van der Waals surface area (Å²) in [7, 11) is 0. The molecular weight excluding hydrogens is 372 g/mol. The third kappa shape index (κ3) is 3.63. The number of hydrogen-bond acceptors (Lipinski definition) is 6. The molecule has 0 aliphatic heterocycles. The molecular formula is C21H20N4O2S. The van der Waals surface area contributed by atoms with E-state index in [1.165, 1.54) is 11.8 Å². The van der Waals surface area contributed by atoms with Gasteiger partial charge in [-0.2, -0.15) is 0 Å². The van der Waals surface area contributed by atoms with E-state index in [0.717, 1.165) is 22.4 Å². The van der Waals surface area contributed by atoms with Crippen LogP contribution in [0.5, 0.6) is 0 Å². The lowest BCUT2D eigenvalue weighted by Crippen LogP contribution is -2.24. The van der Waals surface area contributed by atoms with Gasteiger partial charge in [0.1, 0.15) is 0 Å². The third-order valence-corrected chi connectivity index (χ3v) is 5.54. The van der Waals surface area contributed by atoms with Gasteiger partial charge in [-0.05, 0) is 37.6 Å². The maximum absolute atomic E-state index is 12.9. The van der Waals surface area contributed by atoms with E-state index in [1.807, 2.05) is 49.4 Å². The lowest BCUT2D eigenvalue weighted by Gasteiger charge is -2.13. The molecule has 1 N–H and O–H groups in total. The summed E-state index contributed by atoms with van der Waals surface area (Å²) in [4.78, 5) is 27.0. The molecule has 0 fully saturated rings. The Morgan fingerprint density at radius 3 is 2.39 bits per heavy atom. The minimum absolute atomic E-state index is 0.0264. The summed E-state index contributed by atoms with van der Waals surface area (Å²) in [5.41, 5.74) is 4.07. The fraction of sp³-hybridized carbons (Fsp3) is 0.238. The van der Waals surface area contributed by atoms with Crippen LogP contribution in [-0.4, -0.2) is 31.2 Å². The molecule has 0 aliphatic rings. The standard InChI is InChI=1S/C21H20N4O2S/c1-14-19(23-18-10-5-4-9-17(18)22-14)13-28-21-24-16-8-3-2-7-15(16)20(27)25(21)11-6-12-26/h2-5,7-10,26H,6,11-13H2,1H3. The van der Waals surface area contributed by atoms with E-state index in [4.69, 9.17) is 9.97 Å². The molecule has 6 nitrogen and oxygen atoms in total. The number of rotatable bonds is 6. The number of aromatic nitrogens is 4. The quantitative estimate of drug-likeness (QED) is 0.400. The maximum atomic E-state index is 12.9. The molecule has 2 aromatic carbocycles. The van der Waals surface area contributed by atoms with Gasteiger partial charge < -0.3 is 5.11 Å². The highest BCUT2D eigenvalue weighted by molar-refractivity contribution is 7.98. The maximum Gasteiger partial charge on any atom is 0.262 e. The molecule has 4 aromatic rings. The molecule has 28 heavy (non-hydrogen) atoms. The number of thioether (sulfide) groups is 1. The molecule has 0 amide bonds. The Kier molecular flexibility index (Phi) is 5.36. The van der Waals surface area contributed by atoms with E-state index in [0.29, 0.717) is 34.8 Å². The van der Waals surface area contributed by atoms with Gasteiger partial charge in [0, 0.05) is 18.9 Å². The first-order valence-corrected chi connectivity index (χ1v) is 10.1. The van der Waals surface area contributed by atoms with Crippen molar-refractivity contribution in [1.82, 2.24) is 19.5 Å². The minimum atomic E-state index is -0.0807. The van der Waals surface area contributed by atoms with Crippen LogP contribution in [0.2, 0.25) is 0 Å². The Balaban J connectivity index is 1.71. The van der Waals surface area contributed by atoms with Gasteiger partial charge in [-0.1, -0.05) is 36.0 Å². The van der Waals surface area contributed by atoms with Crippen LogP contribution in [0.15, 0.2) is 58.5 Å². The van der Waals surface area contributed by atoms with Crippen molar-refractivity contribution >= 4 is 33.7 Å². The summed E-state index contributed by atoms with van der Waals surface area (Å²) in [5.74, 6) is 0.563. The van der Waals surface area contributed by atoms with E-state index in [-0.39, 0.29) is 12.2 Å². The van der Waals surface area contributed by atoms with Crippen LogP contribution in [0.1, 0.15) is 17.8 Å². The van der Waals surface area contributed by atoms with E-state index in [2.05, 4.69) is 4.98 Å². The largest absolute Gasteiger partial charge is 0.396 e. The first kappa shape index (κ1) is 18.6. The molecule has 2 heterocycles. The molecule has 0 spiro atoms. The summed E-state index contributed by atoms with van der Waals surface area (Å²) in [5, 5.41) is 10.4. The van der Waals surface area contributed by atoms with Crippen LogP contribution in [-0.2, 0) is 12.3 Å². The number of fused-ring (bicyclic) bond motifs is 2. The van der Waals surface area contributed by atoms with Crippen LogP contribution in [0, 0.1) is 6.92 Å². The molecule has 0 atom stereocenters. The Labute approximate surface area is 166 Å². The van der Waals surface area contributed by atoms with E-state index < -0.39 is 0 Å². The van der Waals surface area contributed by atoms with Gasteiger partial charge in [-0.15, -0.1) is 0 Å². The van der Waals surface area contributed by atoms with Crippen LogP contribution in [0.3, 0.4) is 0 Å². The molecule has 0 saturated carbocycles. The van der Waals surface area contributed by atoms with Gasteiger partial charge in [-0.25, -0.2) is 15.0 Å². The van der Waals surface area contributed by atoms with Gasteiger partial charge in [0.15, 0.2) is 5.16 Å². The number of aliphatic hydroxyl groups excluding tert-OH is 1. The summed E-state index contributed by atoms with van der Waals surface area (Å²) in [6.07, 6.45) is 0.502. The summed E-state index contributed by atoms with van der Waals surface area (Å²) in [6, 6.07) is 15.1. The fourth-order valence-electron chi connectivity index (χ4n) is 3.08. The average Bonchev–Trinajstić information content (AvgIpc) is 2.72. The van der Waals surface area contributed by atoms with Gasteiger partial charge in [0.25, 0.3) is 5.56 Å². The molecule has 0 radical (unpaired) electrons. The normalized spacial score (nSPS) is 11.4. The second kappa shape index (κ2) is 8.08. The van der Waals surface area contributed by atoms with Crippen molar-refractivity contribution in [3.8, 4) is 0 Å². The van der Waals surface area contributed by atoms with Crippen LogP contribution < -0.4 is 5.56 Å². The van der Waals surface area contributed by atoms with Crippen molar-refractivity contribution in [3.05, 3.63) is 70.3 Å². The average molecular weight is 392 g/mol. The van der Waals surface area contributed by atoms with E-state index in [9.17, 15) is 9.90 Å². The van der Waals surface area contributed by atoms with Crippen molar-refractivity contribution in [2.45, 2.75) is 30.8 Å². The van der Waals surface area contributed by atoms with Crippen molar-refractivity contribution in [2.24, 2.45) is 0 Å². The molecule has 0 saturated heterocycles. The number of benzene rings is 2. The van der Waals surface area contributed by atoms with Crippen LogP contribution in [0.25, 0.3) is 21.9 Å². The number of aliphatic hydroxyl groups is 1. The predicted molar refractivity (Wildman–Crippen MR) is 112 cm³/mol. The number of aryl methyl sites for hydroxylation is 1. The zero-order valence-corrected chi connectivity index (χ0v) is 16.3. The lowest BCUT2D eigenvalue weighted by molar-refractivity contribution is 0.276. The zero-order chi connectivity index (χ0) is 19.5. The minimum Gasteiger partial charge on any atom is -0.396 e. The Morgan fingerprint density at radius 1 is 0.964 bits per heavy atom. The van der Waals surface area contributed by atoms with Gasteiger partial charge in [0.05, 0.1) is 33.3 Å². The van der Waals surface area contributed by atoms with Crippen molar-refractivity contribution in [2.75, 3.05) is 6.61 Å². The van der Waals surface area contributed by atoms with Gasteiger partial charge >= 0.3 is 0 Å². The first-order chi connectivity index (χ1) is 13.7. The molecule has 142 valence electrons. The molecule has 4 rings (SSSR count). The number of para-hydroxylation sites is 3. The summed E-state index contributed by atoms with van der Waals surface area (Å²) in [6.45, 7) is 2.40. The highest BCUT2D eigenvalue weighted by atomic mass is 32.2. The summed E-state index contributed by atoms with van der Waals surface area (Å²) >= 11 is 1.47. The van der Waals surface area contributed by atoms with Crippen molar-refractivity contribution in [3.63, 3.8) is 0 Å². The zero-order valence-electron chi connectivity index (χ0n) is 15.5. The Hall–Kier alpha value is -2.77. The van der Waals surface area contributed by atoms with Crippen molar-refractivity contribution in [1.29, 1.82) is 0 Å². The number of nitrogens with zero attached hydrogens (tertiary/aromatic N) is 4. The second-order valence-corrected chi connectivity index (χ2v) is 7.42. The first-order valence-electron chi connectivity index (χ1n) is 9.13. The lowest BCUT2D eigenvalue weighted by atomic mass is 10.2. The Morgan fingerprint density at radius 2 is 1.64 bits per heavy atom. The molecule has 0 bridgehead atoms. The van der Waals surface area contributed by atoms with Crippen molar-refractivity contribution < 1.29 is 5.11 Å². The topological polar surface area (TPSA) is 80.9 Å². The second-order valence-electron chi connectivity index (χ2n) is 6.48. The highest BCUT2D eigenvalue weighted by Gasteiger charge is 2.13. The monoisotopic (exact) mass is 392 g/mol. The molecule has 7 heteroatoms. The van der Waals surface area contributed by atoms with Gasteiger partial charge in [0.2, 0.25) is 0 Å². The van der Waals surface area contributed by atoms with Crippen LogP contribution in [0.4, 0.5) is 0 Å². The molecule has 0 aliphatic carbocycles. The third-order valence-electron chi connectivity index (χ3n) is 4.55. The molecule has 2 aromatic heterocycles. The fourth-order valence-corrected chi connectivity index (χ4v) is 4.11. The predicted octanol–water partition coefficient (Wildman–Crippen LogP) is 3.32. The van der Waals surface area contributed by atoms with Gasteiger partial charge in [-0.3, -0.25) is 9.36 Å².